The topological polar surface area (TPSA) is 27.5 Å². The van der Waals surface area contributed by atoms with E-state index in [1.165, 1.54) is 64.3 Å². The second kappa shape index (κ2) is 5.71. The number of hydrogen-bond donors (Lipinski definition) is 0. The summed E-state index contributed by atoms with van der Waals surface area (Å²) in [5.41, 5.74) is 1.41. The van der Waals surface area contributed by atoms with Gasteiger partial charge in [0.2, 0.25) is 0 Å². The van der Waals surface area contributed by atoms with E-state index in [1.54, 1.807) is 0 Å². The molecule has 0 radical (unpaired) electrons. The van der Waals surface area contributed by atoms with Crippen LogP contribution < -0.4 is 0 Å². The first kappa shape index (κ1) is 13.7. The fraction of sp³-hybridized carbons (Fsp3) is 0.812. The van der Waals surface area contributed by atoms with Crippen molar-refractivity contribution in [3.8, 4) is 0 Å². The molecule has 0 aromatic carbocycles. The van der Waals surface area contributed by atoms with E-state index in [2.05, 4.69) is 37.4 Å². The van der Waals surface area contributed by atoms with Gasteiger partial charge < -0.3 is 9.47 Å². The molecule has 116 valence electrons. The molecule has 2 saturated heterocycles. The monoisotopic (exact) mass is 289 g/mol. The quantitative estimate of drug-likeness (QED) is 0.809. The van der Waals surface area contributed by atoms with Crippen molar-refractivity contribution in [3.05, 3.63) is 18.2 Å². The van der Waals surface area contributed by atoms with Crippen molar-refractivity contribution in [1.29, 1.82) is 0 Å². The van der Waals surface area contributed by atoms with Crippen LogP contribution >= 0.6 is 0 Å². The average Bonchev–Trinajstić information content (AvgIpc) is 3.22. The molecule has 0 bridgehead atoms. The molecule has 21 heavy (non-hydrogen) atoms. The van der Waals surface area contributed by atoms with Crippen LogP contribution in [0.4, 0.5) is 0 Å². The Morgan fingerprint density at radius 2 is 1.81 bits per heavy atom. The smallest absolute Gasteiger partial charge is 0.0951 e. The van der Waals surface area contributed by atoms with Gasteiger partial charge in [0.1, 0.15) is 0 Å². The van der Waals surface area contributed by atoms with Crippen molar-refractivity contribution in [3.63, 3.8) is 0 Å². The van der Waals surface area contributed by atoms with E-state index in [-0.39, 0.29) is 0 Å². The van der Waals surface area contributed by atoms with Gasteiger partial charge in [-0.1, -0.05) is 6.92 Å². The highest BCUT2D eigenvalue weighted by Crippen LogP contribution is 2.36. The number of piperazine rings is 1. The first-order valence-electron chi connectivity index (χ1n) is 8.53. The van der Waals surface area contributed by atoms with Crippen molar-refractivity contribution >= 4 is 0 Å². The lowest BCUT2D eigenvalue weighted by Crippen LogP contribution is -2.62. The maximum absolute atomic E-state index is 4.34. The Morgan fingerprint density at radius 3 is 2.48 bits per heavy atom. The first-order valence-corrected chi connectivity index (χ1v) is 8.53. The summed E-state index contributed by atoms with van der Waals surface area (Å²) in [5.74, 6) is 0. The molecule has 3 aliphatic rings. The Labute approximate surface area is 127 Å². The van der Waals surface area contributed by atoms with Gasteiger partial charge >= 0.3 is 0 Å². The van der Waals surface area contributed by atoms with Gasteiger partial charge in [0.15, 0.2) is 0 Å². The van der Waals surface area contributed by atoms with Crippen molar-refractivity contribution < 1.29 is 0 Å². The highest BCUT2D eigenvalue weighted by Gasteiger charge is 2.34. The Morgan fingerprint density at radius 1 is 1.05 bits per heavy atom. The lowest BCUT2D eigenvalue weighted by molar-refractivity contribution is 0.00112. The standard InChI is InChI=1S/C16H27N5/c1-2-18-5-7-20(8-6-18)16-11-19(12-16)10-15-9-17-13-21(15)14-3-4-14/h9,13-14,16H,2-8,10-12H2,1H3. The summed E-state index contributed by atoms with van der Waals surface area (Å²) in [6, 6.07) is 1.54. The molecule has 0 atom stereocenters. The number of rotatable bonds is 5. The number of hydrogen-bond acceptors (Lipinski definition) is 4. The number of imidazole rings is 1. The normalized spacial score (nSPS) is 26.1. The molecular weight excluding hydrogens is 262 g/mol. The second-order valence-electron chi connectivity index (χ2n) is 6.84. The molecule has 1 aromatic rings. The Kier molecular flexibility index (Phi) is 3.73. The molecule has 3 fully saturated rings. The van der Waals surface area contributed by atoms with Crippen LogP contribution in [0.5, 0.6) is 0 Å². The van der Waals surface area contributed by atoms with Crippen LogP contribution in [0.1, 0.15) is 31.5 Å². The van der Waals surface area contributed by atoms with E-state index in [0.29, 0.717) is 0 Å². The van der Waals surface area contributed by atoms with Gasteiger partial charge in [-0.15, -0.1) is 0 Å². The number of aromatic nitrogens is 2. The van der Waals surface area contributed by atoms with E-state index in [4.69, 9.17) is 0 Å². The average molecular weight is 289 g/mol. The number of nitrogens with zero attached hydrogens (tertiary/aromatic N) is 5. The van der Waals surface area contributed by atoms with Gasteiger partial charge in [-0.2, -0.15) is 0 Å². The molecule has 3 heterocycles. The van der Waals surface area contributed by atoms with Gasteiger partial charge in [-0.3, -0.25) is 9.80 Å². The van der Waals surface area contributed by atoms with Crippen molar-refractivity contribution in [2.45, 2.75) is 38.4 Å². The zero-order chi connectivity index (χ0) is 14.2. The highest BCUT2D eigenvalue weighted by atomic mass is 15.4. The van der Waals surface area contributed by atoms with Crippen molar-refractivity contribution in [2.24, 2.45) is 0 Å². The summed E-state index contributed by atoms with van der Waals surface area (Å²) in [6.45, 7) is 12.0. The minimum absolute atomic E-state index is 0.752. The fourth-order valence-electron chi connectivity index (χ4n) is 3.71. The zero-order valence-electron chi connectivity index (χ0n) is 13.1. The summed E-state index contributed by atoms with van der Waals surface area (Å²) < 4.78 is 2.40. The molecular formula is C16H27N5. The molecule has 1 saturated carbocycles. The molecule has 0 spiro atoms. The maximum atomic E-state index is 4.34. The van der Waals surface area contributed by atoms with Gasteiger partial charge in [0.05, 0.1) is 12.0 Å². The summed E-state index contributed by atoms with van der Waals surface area (Å²) in [6.07, 6.45) is 6.77. The van der Waals surface area contributed by atoms with Crippen molar-refractivity contribution in [1.82, 2.24) is 24.3 Å². The van der Waals surface area contributed by atoms with Crippen LogP contribution in [0.25, 0.3) is 0 Å². The van der Waals surface area contributed by atoms with Gasteiger partial charge in [-0.25, -0.2) is 4.98 Å². The van der Waals surface area contributed by atoms with E-state index in [1.807, 2.05) is 6.33 Å². The Balaban J connectivity index is 1.25. The predicted molar refractivity (Wildman–Crippen MR) is 83.3 cm³/mol. The van der Waals surface area contributed by atoms with Crippen LogP contribution in [0.15, 0.2) is 12.5 Å². The lowest BCUT2D eigenvalue weighted by atomic mass is 10.1. The minimum Gasteiger partial charge on any atom is -0.330 e. The van der Waals surface area contributed by atoms with Crippen LogP contribution in [-0.2, 0) is 6.54 Å². The van der Waals surface area contributed by atoms with Crippen LogP contribution in [0.2, 0.25) is 0 Å². The van der Waals surface area contributed by atoms with E-state index in [9.17, 15) is 0 Å². The van der Waals surface area contributed by atoms with E-state index in [0.717, 1.165) is 18.6 Å². The Bertz CT molecular complexity index is 467. The summed E-state index contributed by atoms with van der Waals surface area (Å²) >= 11 is 0. The Hall–Kier alpha value is -0.910. The second-order valence-corrected chi connectivity index (χ2v) is 6.84. The van der Waals surface area contributed by atoms with Crippen LogP contribution in [-0.4, -0.2) is 76.1 Å². The summed E-state index contributed by atoms with van der Waals surface area (Å²) in [7, 11) is 0. The zero-order valence-corrected chi connectivity index (χ0v) is 13.1. The molecule has 2 aliphatic heterocycles. The molecule has 5 nitrogen and oxygen atoms in total. The molecule has 4 rings (SSSR count). The van der Waals surface area contributed by atoms with E-state index < -0.39 is 0 Å². The van der Waals surface area contributed by atoms with Crippen molar-refractivity contribution in [2.75, 3.05) is 45.8 Å². The molecule has 0 amide bonds. The molecule has 0 unspecified atom stereocenters. The third kappa shape index (κ3) is 2.87. The molecule has 1 aromatic heterocycles. The third-order valence-electron chi connectivity index (χ3n) is 5.38. The molecule has 0 N–H and O–H groups in total. The maximum Gasteiger partial charge on any atom is 0.0951 e. The van der Waals surface area contributed by atoms with Crippen LogP contribution in [0.3, 0.4) is 0 Å². The van der Waals surface area contributed by atoms with Gasteiger partial charge in [0, 0.05) is 64.1 Å². The first-order chi connectivity index (χ1) is 10.3. The largest absolute Gasteiger partial charge is 0.330 e. The minimum atomic E-state index is 0.752. The van der Waals surface area contributed by atoms with E-state index >= 15 is 0 Å². The SMILES string of the molecule is CCN1CCN(C2CN(Cc3cncn3C3CC3)C2)CC1. The van der Waals surface area contributed by atoms with Gasteiger partial charge in [-0.05, 0) is 19.4 Å². The lowest BCUT2D eigenvalue weighted by Gasteiger charge is -2.48. The number of likely N-dealkylation sites (N-methyl/N-ethyl adjacent to an activating group) is 1. The van der Waals surface area contributed by atoms with Gasteiger partial charge in [0.25, 0.3) is 0 Å². The number of likely N-dealkylation sites (tertiary alicyclic amines) is 1. The fourth-order valence-corrected chi connectivity index (χ4v) is 3.71. The third-order valence-corrected chi connectivity index (χ3v) is 5.38. The van der Waals surface area contributed by atoms with Crippen LogP contribution in [0, 0.1) is 0 Å². The highest BCUT2D eigenvalue weighted by molar-refractivity contribution is 5.05. The summed E-state index contributed by atoms with van der Waals surface area (Å²) in [4.78, 5) is 12.2. The summed E-state index contributed by atoms with van der Waals surface area (Å²) in [5, 5.41) is 0. The molecule has 1 aliphatic carbocycles. The predicted octanol–water partition coefficient (Wildman–Crippen LogP) is 1.04. The molecule has 5 heteroatoms.